The van der Waals surface area contributed by atoms with Gasteiger partial charge < -0.3 is 0 Å². The van der Waals surface area contributed by atoms with Crippen molar-refractivity contribution in [3.8, 4) is 22.8 Å². The van der Waals surface area contributed by atoms with Crippen LogP contribution < -0.4 is 0 Å². The molecule has 0 aliphatic heterocycles. The van der Waals surface area contributed by atoms with E-state index in [1.54, 1.807) is 0 Å². The van der Waals surface area contributed by atoms with Gasteiger partial charge in [-0.05, 0) is 43.2 Å². The molecule has 0 spiro atoms. The van der Waals surface area contributed by atoms with Gasteiger partial charge in [-0.15, -0.1) is 11.3 Å². The molecule has 0 N–H and O–H groups in total. The van der Waals surface area contributed by atoms with E-state index in [1.165, 1.54) is 39.8 Å². The number of thiophene rings is 1. The fraction of sp³-hybridized carbons (Fsp3) is 0.238. The van der Waals surface area contributed by atoms with Crippen LogP contribution in [0.1, 0.15) is 28.0 Å². The Bertz CT molecular complexity index is 1180. The van der Waals surface area contributed by atoms with Gasteiger partial charge in [0.25, 0.3) is 0 Å². The number of fused-ring (bicyclic) bond motifs is 6. The van der Waals surface area contributed by atoms with Gasteiger partial charge in [0.2, 0.25) is 0 Å². The quantitative estimate of drug-likeness (QED) is 0.513. The summed E-state index contributed by atoms with van der Waals surface area (Å²) >= 11 is 1.82. The van der Waals surface area contributed by atoms with Gasteiger partial charge in [0.1, 0.15) is 10.5 Å². The predicted molar refractivity (Wildman–Crippen MR) is 102 cm³/mol. The largest absolute Gasteiger partial charge is 0.234 e. The molecule has 26 heavy (non-hydrogen) atoms. The Morgan fingerprint density at radius 1 is 0.923 bits per heavy atom. The molecule has 1 radical (unpaired) electrons. The first-order valence-corrected chi connectivity index (χ1v) is 9.83. The van der Waals surface area contributed by atoms with E-state index in [-0.39, 0.29) is 0 Å². The maximum Gasteiger partial charge on any atom is 0.199 e. The molecule has 4 nitrogen and oxygen atoms in total. The van der Waals surface area contributed by atoms with Crippen molar-refractivity contribution in [2.75, 3.05) is 0 Å². The van der Waals surface area contributed by atoms with E-state index in [9.17, 15) is 0 Å². The van der Waals surface area contributed by atoms with Crippen LogP contribution in [0, 0.1) is 6.33 Å². The first-order chi connectivity index (χ1) is 12.9. The molecule has 1 aromatic carbocycles. The highest BCUT2D eigenvalue weighted by Crippen LogP contribution is 2.38. The van der Waals surface area contributed by atoms with E-state index in [0.717, 1.165) is 41.0 Å². The molecule has 0 amide bonds. The number of hydrogen-bond donors (Lipinski definition) is 0. The standard InChI is InChI=1S/C21H15N4S/c1-2-5-13-12(4-1)8-9-15-18(13)23-11-24-19(15)20-22-10-16-14-6-3-7-17(14)26-21(16)25-20/h1-2,4-5,10H,3,6-9H2. The minimum atomic E-state index is 0.701. The summed E-state index contributed by atoms with van der Waals surface area (Å²) in [5.41, 5.74) is 6.94. The lowest BCUT2D eigenvalue weighted by molar-refractivity contribution is 0.906. The number of aromatic nitrogens is 4. The summed E-state index contributed by atoms with van der Waals surface area (Å²) in [6.45, 7) is 0. The Kier molecular flexibility index (Phi) is 3.02. The predicted octanol–water partition coefficient (Wildman–Crippen LogP) is 4.20. The minimum absolute atomic E-state index is 0.701. The summed E-state index contributed by atoms with van der Waals surface area (Å²) in [6, 6.07) is 8.45. The molecular weight excluding hydrogens is 340 g/mol. The van der Waals surface area contributed by atoms with Crippen LogP contribution in [0.3, 0.4) is 0 Å². The second kappa shape index (κ2) is 5.42. The maximum absolute atomic E-state index is 4.87. The number of rotatable bonds is 1. The average molecular weight is 355 g/mol. The smallest absolute Gasteiger partial charge is 0.199 e. The highest BCUT2D eigenvalue weighted by molar-refractivity contribution is 7.18. The molecular formula is C21H15N4S. The molecule has 2 aliphatic rings. The van der Waals surface area contributed by atoms with Crippen molar-refractivity contribution in [2.45, 2.75) is 32.1 Å². The summed E-state index contributed by atoms with van der Waals surface area (Å²) < 4.78 is 0. The second-order valence-corrected chi connectivity index (χ2v) is 8.01. The third-order valence-corrected chi connectivity index (χ3v) is 6.69. The third kappa shape index (κ3) is 2.01. The van der Waals surface area contributed by atoms with Crippen molar-refractivity contribution >= 4 is 21.6 Å². The Morgan fingerprint density at radius 2 is 1.85 bits per heavy atom. The highest BCUT2D eigenvalue weighted by Gasteiger charge is 2.24. The van der Waals surface area contributed by atoms with Gasteiger partial charge in [-0.2, -0.15) is 0 Å². The Balaban J connectivity index is 1.54. The lowest BCUT2D eigenvalue weighted by Crippen LogP contribution is -2.09. The number of hydrogen-bond acceptors (Lipinski definition) is 5. The van der Waals surface area contributed by atoms with Crippen molar-refractivity contribution in [3.05, 3.63) is 58.4 Å². The van der Waals surface area contributed by atoms with E-state index in [4.69, 9.17) is 4.98 Å². The number of nitrogens with zero attached hydrogens (tertiary/aromatic N) is 4. The zero-order chi connectivity index (χ0) is 17.1. The first kappa shape index (κ1) is 14.5. The summed E-state index contributed by atoms with van der Waals surface area (Å²) in [7, 11) is 0. The van der Waals surface area contributed by atoms with Crippen LogP contribution in [-0.2, 0) is 25.7 Å². The molecule has 0 bridgehead atoms. The molecule has 125 valence electrons. The average Bonchev–Trinajstić information content (AvgIpc) is 3.28. The van der Waals surface area contributed by atoms with E-state index in [0.29, 0.717) is 5.82 Å². The lowest BCUT2D eigenvalue weighted by Gasteiger charge is -2.19. The Labute approximate surface area is 155 Å². The van der Waals surface area contributed by atoms with Crippen molar-refractivity contribution in [2.24, 2.45) is 0 Å². The molecule has 0 saturated carbocycles. The molecule has 5 heteroatoms. The Hall–Kier alpha value is -2.66. The summed E-state index contributed by atoms with van der Waals surface area (Å²) in [4.78, 5) is 21.0. The SMILES string of the molecule is [c]1nc(-c2ncc3c4c(sc3n2)CCC4)c2c(n1)-c1ccccc1CC2. The number of aryl methyl sites for hydroxylation is 3. The van der Waals surface area contributed by atoms with Crippen molar-refractivity contribution < 1.29 is 0 Å². The summed E-state index contributed by atoms with van der Waals surface area (Å²) in [6.07, 6.45) is 10.3. The highest BCUT2D eigenvalue weighted by atomic mass is 32.1. The molecule has 3 aromatic heterocycles. The third-order valence-electron chi connectivity index (χ3n) is 5.49. The fourth-order valence-corrected chi connectivity index (χ4v) is 5.47. The first-order valence-electron chi connectivity index (χ1n) is 9.01. The van der Waals surface area contributed by atoms with Crippen LogP contribution >= 0.6 is 11.3 Å². The topological polar surface area (TPSA) is 51.6 Å². The Morgan fingerprint density at radius 3 is 2.85 bits per heavy atom. The van der Waals surface area contributed by atoms with E-state index >= 15 is 0 Å². The van der Waals surface area contributed by atoms with E-state index < -0.39 is 0 Å². The van der Waals surface area contributed by atoms with E-state index in [2.05, 4.69) is 45.5 Å². The van der Waals surface area contributed by atoms with Gasteiger partial charge in [-0.1, -0.05) is 24.3 Å². The molecule has 0 unspecified atom stereocenters. The fourth-order valence-electron chi connectivity index (χ4n) is 4.24. The van der Waals surface area contributed by atoms with Gasteiger partial charge in [0, 0.05) is 27.6 Å². The lowest BCUT2D eigenvalue weighted by atomic mass is 9.88. The van der Waals surface area contributed by atoms with Crippen LogP contribution in [0.4, 0.5) is 0 Å². The van der Waals surface area contributed by atoms with Gasteiger partial charge in [-0.25, -0.2) is 19.9 Å². The molecule has 6 rings (SSSR count). The summed E-state index contributed by atoms with van der Waals surface area (Å²) in [5, 5.41) is 1.23. The minimum Gasteiger partial charge on any atom is -0.234 e. The van der Waals surface area contributed by atoms with Crippen LogP contribution in [0.15, 0.2) is 30.5 Å². The van der Waals surface area contributed by atoms with Gasteiger partial charge in [0.15, 0.2) is 12.2 Å². The van der Waals surface area contributed by atoms with Crippen LogP contribution in [0.25, 0.3) is 33.0 Å². The monoisotopic (exact) mass is 355 g/mol. The van der Waals surface area contributed by atoms with E-state index in [1.807, 2.05) is 17.5 Å². The van der Waals surface area contributed by atoms with Crippen LogP contribution in [-0.4, -0.2) is 19.9 Å². The van der Waals surface area contributed by atoms with Crippen LogP contribution in [0.2, 0.25) is 0 Å². The molecule has 2 aliphatic carbocycles. The molecule has 4 aromatic rings. The molecule has 3 heterocycles. The number of benzene rings is 1. The zero-order valence-electron chi connectivity index (χ0n) is 14.1. The maximum atomic E-state index is 4.87. The van der Waals surface area contributed by atoms with Crippen molar-refractivity contribution in [1.82, 2.24) is 19.9 Å². The normalized spacial score (nSPS) is 14.9. The molecule has 0 atom stereocenters. The van der Waals surface area contributed by atoms with Gasteiger partial charge in [-0.3, -0.25) is 0 Å². The van der Waals surface area contributed by atoms with Crippen molar-refractivity contribution in [1.29, 1.82) is 0 Å². The summed E-state index contributed by atoms with van der Waals surface area (Å²) in [5.74, 6) is 0.701. The van der Waals surface area contributed by atoms with Gasteiger partial charge in [0.05, 0.1) is 5.69 Å². The van der Waals surface area contributed by atoms with Gasteiger partial charge >= 0.3 is 0 Å². The zero-order valence-corrected chi connectivity index (χ0v) is 14.9. The van der Waals surface area contributed by atoms with Crippen molar-refractivity contribution in [3.63, 3.8) is 0 Å². The van der Waals surface area contributed by atoms with Crippen LogP contribution in [0.5, 0.6) is 0 Å². The molecule has 0 fully saturated rings. The molecule has 0 saturated heterocycles. The second-order valence-electron chi connectivity index (χ2n) is 6.93.